The molecule has 11 heteroatoms. The molecule has 0 bridgehead atoms. The minimum atomic E-state index is -1.44. The van der Waals surface area contributed by atoms with Crippen molar-refractivity contribution in [3.8, 4) is 0 Å². The summed E-state index contributed by atoms with van der Waals surface area (Å²) in [7, 11) is 0. The molecule has 3 aromatic carbocycles. The van der Waals surface area contributed by atoms with Crippen LogP contribution in [0.3, 0.4) is 0 Å². The number of benzene rings is 3. The molecular weight excluding hydrogens is 588 g/mol. The number of rotatable bonds is 16. The maximum atomic E-state index is 14.4. The number of carbonyl (C=O) groups excluding carboxylic acids is 4. The maximum absolute atomic E-state index is 14.4. The number of primary amides is 1. The monoisotopic (exact) mass is 632 g/mol. The first kappa shape index (κ1) is 35.5. The number of aliphatic carboxylic acids is 1. The lowest BCUT2D eigenvalue weighted by molar-refractivity contribution is -0.140. The minimum absolute atomic E-state index is 0.00344. The van der Waals surface area contributed by atoms with Gasteiger partial charge >= 0.3 is 12.1 Å². The summed E-state index contributed by atoms with van der Waals surface area (Å²) in [6.07, 6.45) is -0.827. The van der Waals surface area contributed by atoms with Gasteiger partial charge in [0.15, 0.2) is 0 Å². The number of nitrogens with one attached hydrogen (secondary N) is 2. The Kier molecular flexibility index (Phi) is 13.1. The first-order valence-corrected chi connectivity index (χ1v) is 15.5. The zero-order valence-electron chi connectivity index (χ0n) is 26.8. The van der Waals surface area contributed by atoms with E-state index >= 15 is 0 Å². The summed E-state index contributed by atoms with van der Waals surface area (Å²) >= 11 is 0. The van der Waals surface area contributed by atoms with Gasteiger partial charge in [-0.3, -0.25) is 19.3 Å². The van der Waals surface area contributed by atoms with Crippen LogP contribution in [0.4, 0.5) is 10.5 Å². The van der Waals surface area contributed by atoms with Crippen molar-refractivity contribution in [3.63, 3.8) is 0 Å². The number of anilines is 1. The van der Waals surface area contributed by atoms with Crippen LogP contribution in [0, 0.1) is 11.8 Å². The normalized spacial score (nSPS) is 13.1. The van der Waals surface area contributed by atoms with Crippen molar-refractivity contribution in [3.05, 3.63) is 78.4 Å². The quantitative estimate of drug-likeness (QED) is 0.176. The van der Waals surface area contributed by atoms with Gasteiger partial charge in [0.25, 0.3) is 0 Å². The van der Waals surface area contributed by atoms with E-state index in [1.807, 2.05) is 82.3 Å². The Labute approximate surface area is 269 Å². The summed E-state index contributed by atoms with van der Waals surface area (Å²) in [6, 6.07) is 18.0. The Bertz CT molecular complexity index is 1510. The van der Waals surface area contributed by atoms with Gasteiger partial charge in [0.2, 0.25) is 17.7 Å². The predicted octanol–water partition coefficient (Wildman–Crippen LogP) is 4.76. The van der Waals surface area contributed by atoms with Crippen LogP contribution in [-0.4, -0.2) is 53.0 Å². The second-order valence-electron chi connectivity index (χ2n) is 12.2. The first-order valence-electron chi connectivity index (χ1n) is 15.5. The van der Waals surface area contributed by atoms with Gasteiger partial charge in [-0.1, -0.05) is 88.4 Å². The molecule has 0 unspecified atom stereocenters. The number of carbonyl (C=O) groups is 5. The molecule has 0 saturated carbocycles. The van der Waals surface area contributed by atoms with Crippen molar-refractivity contribution in [2.24, 2.45) is 17.6 Å². The number of carboxylic acids is 1. The topological polar surface area (TPSA) is 168 Å². The smallest absolute Gasteiger partial charge is 0.408 e. The van der Waals surface area contributed by atoms with E-state index in [0.29, 0.717) is 5.69 Å². The van der Waals surface area contributed by atoms with Crippen molar-refractivity contribution in [2.45, 2.75) is 78.1 Å². The van der Waals surface area contributed by atoms with E-state index < -0.39 is 47.9 Å². The molecule has 0 aliphatic rings. The number of carboxylic acid groups (broad SMARTS) is 1. The fraction of sp³-hybridized carbons (Fsp3) is 0.400. The molecule has 3 aromatic rings. The molecule has 3 atom stereocenters. The Morgan fingerprint density at radius 2 is 1.41 bits per heavy atom. The zero-order valence-corrected chi connectivity index (χ0v) is 26.8. The number of nitrogens with zero attached hydrogens (tertiary/aromatic N) is 1. The van der Waals surface area contributed by atoms with Crippen molar-refractivity contribution >= 4 is 46.2 Å². The van der Waals surface area contributed by atoms with Crippen molar-refractivity contribution in [1.82, 2.24) is 10.6 Å². The van der Waals surface area contributed by atoms with Gasteiger partial charge in [0, 0.05) is 12.1 Å². The molecule has 0 aliphatic carbocycles. The summed E-state index contributed by atoms with van der Waals surface area (Å²) in [4.78, 5) is 66.2. The number of amides is 4. The molecule has 0 radical (unpaired) electrons. The second kappa shape index (κ2) is 17.0. The van der Waals surface area contributed by atoms with Crippen LogP contribution in [0.5, 0.6) is 0 Å². The third kappa shape index (κ3) is 10.6. The van der Waals surface area contributed by atoms with Gasteiger partial charge in [0.1, 0.15) is 24.7 Å². The molecule has 0 spiro atoms. The Morgan fingerprint density at radius 3 is 2.02 bits per heavy atom. The van der Waals surface area contributed by atoms with E-state index in [1.54, 1.807) is 18.2 Å². The Hall–Kier alpha value is -4.93. The van der Waals surface area contributed by atoms with Crippen LogP contribution >= 0.6 is 0 Å². The maximum Gasteiger partial charge on any atom is 0.408 e. The molecule has 0 heterocycles. The number of nitrogens with two attached hydrogens (primary N) is 1. The lowest BCUT2D eigenvalue weighted by Crippen LogP contribution is -2.58. The highest BCUT2D eigenvalue weighted by atomic mass is 16.5. The fourth-order valence-electron chi connectivity index (χ4n) is 5.17. The van der Waals surface area contributed by atoms with Crippen molar-refractivity contribution < 1.29 is 33.8 Å². The minimum Gasteiger partial charge on any atom is -0.480 e. The second-order valence-corrected chi connectivity index (χ2v) is 12.2. The summed E-state index contributed by atoms with van der Waals surface area (Å²) in [5.74, 6) is -3.36. The third-order valence-corrected chi connectivity index (χ3v) is 7.36. The summed E-state index contributed by atoms with van der Waals surface area (Å²) in [5, 5.41) is 17.3. The van der Waals surface area contributed by atoms with E-state index in [1.165, 1.54) is 0 Å². The average Bonchev–Trinajstić information content (AvgIpc) is 3.00. The van der Waals surface area contributed by atoms with Crippen molar-refractivity contribution in [2.75, 3.05) is 4.90 Å². The molecule has 46 heavy (non-hydrogen) atoms. The van der Waals surface area contributed by atoms with Gasteiger partial charge < -0.3 is 26.2 Å². The summed E-state index contributed by atoms with van der Waals surface area (Å²) < 4.78 is 5.33. The number of alkyl carbamates (subject to hydrolysis) is 1. The number of hydrogen-bond acceptors (Lipinski definition) is 6. The third-order valence-electron chi connectivity index (χ3n) is 7.36. The summed E-state index contributed by atoms with van der Waals surface area (Å²) in [5.41, 5.74) is 6.43. The molecule has 5 N–H and O–H groups in total. The standard InChI is InChI=1S/C35H44N4O7/c1-22(2)18-28(38-35(45)46-21-24-10-6-5-7-11-24)32(41)37-29(19-23(3)4)33(42)39(30(34(43)44)16-17-31(36)40)27-15-14-25-12-8-9-13-26(25)20-27/h5-15,20,22-23,28-30H,16-19,21H2,1-4H3,(H2,36,40)(H,37,41)(H,38,45)(H,43,44)/t28-,29-,30-/m0/s1. The van der Waals surface area contributed by atoms with Gasteiger partial charge in [-0.05, 0) is 59.6 Å². The summed E-state index contributed by atoms with van der Waals surface area (Å²) in [6.45, 7) is 7.55. The van der Waals surface area contributed by atoms with Crippen LogP contribution < -0.4 is 21.3 Å². The lowest BCUT2D eigenvalue weighted by Gasteiger charge is -2.34. The van der Waals surface area contributed by atoms with Crippen molar-refractivity contribution in [1.29, 1.82) is 0 Å². The number of fused-ring (bicyclic) bond motifs is 1. The van der Waals surface area contributed by atoms with Crippen LogP contribution in [0.15, 0.2) is 72.8 Å². The van der Waals surface area contributed by atoms with E-state index in [0.717, 1.165) is 21.2 Å². The van der Waals surface area contributed by atoms with E-state index in [9.17, 15) is 29.1 Å². The van der Waals surface area contributed by atoms with E-state index in [4.69, 9.17) is 10.5 Å². The largest absolute Gasteiger partial charge is 0.480 e. The lowest BCUT2D eigenvalue weighted by atomic mass is 9.98. The van der Waals surface area contributed by atoms with Gasteiger partial charge in [0.05, 0.1) is 0 Å². The molecular formula is C35H44N4O7. The number of hydrogen-bond donors (Lipinski definition) is 4. The highest BCUT2D eigenvalue weighted by molar-refractivity contribution is 6.05. The first-order chi connectivity index (χ1) is 21.8. The van der Waals surface area contributed by atoms with Gasteiger partial charge in [-0.25, -0.2) is 9.59 Å². The van der Waals surface area contributed by atoms with E-state index in [2.05, 4.69) is 10.6 Å². The van der Waals surface area contributed by atoms with Gasteiger partial charge in [-0.2, -0.15) is 0 Å². The molecule has 4 amide bonds. The molecule has 0 aromatic heterocycles. The van der Waals surface area contributed by atoms with E-state index in [-0.39, 0.29) is 44.1 Å². The SMILES string of the molecule is CC(C)C[C@H](NC(=O)OCc1ccccc1)C(=O)N[C@@H](CC(C)C)C(=O)N(c1ccc2ccccc2c1)[C@@H](CCC(N)=O)C(=O)O. The molecule has 0 aliphatic heterocycles. The molecule has 246 valence electrons. The molecule has 3 rings (SSSR count). The Balaban J connectivity index is 1.93. The highest BCUT2D eigenvalue weighted by Gasteiger charge is 2.37. The molecule has 0 saturated heterocycles. The van der Waals surface area contributed by atoms with Crippen LogP contribution in [0.1, 0.15) is 58.9 Å². The fourth-order valence-corrected chi connectivity index (χ4v) is 5.17. The molecule has 0 fully saturated rings. The predicted molar refractivity (Wildman–Crippen MR) is 176 cm³/mol. The van der Waals surface area contributed by atoms with Crippen LogP contribution in [0.25, 0.3) is 10.8 Å². The highest BCUT2D eigenvalue weighted by Crippen LogP contribution is 2.27. The average molecular weight is 633 g/mol. The Morgan fingerprint density at radius 1 is 0.804 bits per heavy atom. The molecule has 11 nitrogen and oxygen atoms in total. The van der Waals surface area contributed by atoms with Crippen LogP contribution in [0.2, 0.25) is 0 Å². The van der Waals surface area contributed by atoms with Crippen LogP contribution in [-0.2, 0) is 30.5 Å². The van der Waals surface area contributed by atoms with Gasteiger partial charge in [-0.15, -0.1) is 0 Å². The zero-order chi connectivity index (χ0) is 33.8. The number of ether oxygens (including phenoxy) is 1.